The van der Waals surface area contributed by atoms with E-state index in [1.165, 1.54) is 7.11 Å². The number of hydrogen-bond acceptors (Lipinski definition) is 2. The normalized spacial score (nSPS) is 13.5. The molecule has 0 aliphatic carbocycles. The van der Waals surface area contributed by atoms with Crippen molar-refractivity contribution >= 4 is 15.9 Å². The third-order valence-electron chi connectivity index (χ3n) is 2.41. The number of halogens is 4. The molecule has 0 saturated heterocycles. The summed E-state index contributed by atoms with van der Waals surface area (Å²) in [6.45, 7) is 0. The van der Waals surface area contributed by atoms with Gasteiger partial charge in [0, 0.05) is 4.47 Å². The number of aryl methyl sites for hydroxylation is 1. The molecule has 0 saturated carbocycles. The number of nitrogens with two attached hydrogens (primary N) is 1. The summed E-state index contributed by atoms with van der Waals surface area (Å²) in [5.41, 5.74) is 5.82. The summed E-state index contributed by atoms with van der Waals surface area (Å²) in [6, 6.07) is 3.37. The van der Waals surface area contributed by atoms with E-state index in [0.29, 0.717) is 5.75 Å². The van der Waals surface area contributed by atoms with Gasteiger partial charge in [-0.1, -0.05) is 22.0 Å². The fraction of sp³-hybridized carbons (Fsp3) is 0.455. The van der Waals surface area contributed by atoms with Crippen molar-refractivity contribution in [3.63, 3.8) is 0 Å². The van der Waals surface area contributed by atoms with Gasteiger partial charge >= 0.3 is 6.18 Å². The summed E-state index contributed by atoms with van der Waals surface area (Å²) in [5.74, 6) is 0.653. The van der Waals surface area contributed by atoms with Crippen molar-refractivity contribution in [2.75, 3.05) is 7.11 Å². The number of alkyl halides is 3. The molecule has 2 N–H and O–H groups in total. The molecular formula is C11H13BrF3NO. The molecule has 0 fully saturated rings. The van der Waals surface area contributed by atoms with E-state index < -0.39 is 12.2 Å². The highest BCUT2D eigenvalue weighted by molar-refractivity contribution is 9.10. The minimum Gasteiger partial charge on any atom is -0.497 e. The zero-order valence-electron chi connectivity index (χ0n) is 9.22. The van der Waals surface area contributed by atoms with Crippen molar-refractivity contribution in [1.29, 1.82) is 0 Å². The van der Waals surface area contributed by atoms with E-state index in [2.05, 4.69) is 15.9 Å². The fourth-order valence-electron chi connectivity index (χ4n) is 1.33. The van der Waals surface area contributed by atoms with E-state index in [1.54, 1.807) is 18.2 Å². The van der Waals surface area contributed by atoms with Crippen LogP contribution in [-0.2, 0) is 6.42 Å². The molecule has 2 nitrogen and oxygen atoms in total. The molecule has 0 spiro atoms. The minimum absolute atomic E-state index is 0.131. The second-order valence-corrected chi connectivity index (χ2v) is 4.50. The van der Waals surface area contributed by atoms with Gasteiger partial charge in [0.1, 0.15) is 11.8 Å². The van der Waals surface area contributed by atoms with Crippen LogP contribution in [0, 0.1) is 0 Å². The first kappa shape index (κ1) is 14.3. The lowest BCUT2D eigenvalue weighted by atomic mass is 10.1. The summed E-state index contributed by atoms with van der Waals surface area (Å²) in [7, 11) is 1.53. The topological polar surface area (TPSA) is 35.2 Å². The highest BCUT2D eigenvalue weighted by Crippen LogP contribution is 2.26. The van der Waals surface area contributed by atoms with Gasteiger partial charge in [0.15, 0.2) is 0 Å². The summed E-state index contributed by atoms with van der Waals surface area (Å²) < 4.78 is 42.4. The van der Waals surface area contributed by atoms with E-state index in [0.717, 1.165) is 10.0 Å². The largest absolute Gasteiger partial charge is 0.497 e. The van der Waals surface area contributed by atoms with Crippen LogP contribution in [-0.4, -0.2) is 19.3 Å². The fourth-order valence-corrected chi connectivity index (χ4v) is 1.89. The Labute approximate surface area is 106 Å². The quantitative estimate of drug-likeness (QED) is 0.926. The molecule has 1 aromatic carbocycles. The van der Waals surface area contributed by atoms with Gasteiger partial charge in [-0.3, -0.25) is 0 Å². The SMILES string of the molecule is COc1ccc(CCC(N)C(F)(F)F)c(Br)c1. The number of methoxy groups -OCH3 is 1. The van der Waals surface area contributed by atoms with Gasteiger partial charge in [-0.05, 0) is 30.5 Å². The summed E-state index contributed by atoms with van der Waals surface area (Å²) in [5, 5.41) is 0. The molecule has 6 heteroatoms. The molecule has 17 heavy (non-hydrogen) atoms. The highest BCUT2D eigenvalue weighted by atomic mass is 79.9. The lowest BCUT2D eigenvalue weighted by Gasteiger charge is -2.15. The van der Waals surface area contributed by atoms with Crippen molar-refractivity contribution in [1.82, 2.24) is 0 Å². The van der Waals surface area contributed by atoms with Gasteiger partial charge in [-0.25, -0.2) is 0 Å². The third kappa shape index (κ3) is 4.20. The van der Waals surface area contributed by atoms with Crippen molar-refractivity contribution in [3.05, 3.63) is 28.2 Å². The average molecular weight is 312 g/mol. The summed E-state index contributed by atoms with van der Waals surface area (Å²) in [4.78, 5) is 0. The van der Waals surface area contributed by atoms with E-state index in [4.69, 9.17) is 10.5 Å². The predicted molar refractivity (Wildman–Crippen MR) is 63.0 cm³/mol. The van der Waals surface area contributed by atoms with Crippen LogP contribution < -0.4 is 10.5 Å². The smallest absolute Gasteiger partial charge is 0.403 e. The Morgan fingerprint density at radius 3 is 2.53 bits per heavy atom. The number of benzene rings is 1. The molecular weight excluding hydrogens is 299 g/mol. The Hall–Kier alpha value is -0.750. The van der Waals surface area contributed by atoms with Crippen molar-refractivity contribution in [2.45, 2.75) is 25.1 Å². The van der Waals surface area contributed by atoms with E-state index >= 15 is 0 Å². The molecule has 1 aromatic rings. The Morgan fingerprint density at radius 1 is 1.41 bits per heavy atom. The van der Waals surface area contributed by atoms with E-state index in [9.17, 15) is 13.2 Å². The first-order valence-electron chi connectivity index (χ1n) is 4.99. The number of ether oxygens (including phenoxy) is 1. The number of rotatable bonds is 4. The third-order valence-corrected chi connectivity index (χ3v) is 3.14. The van der Waals surface area contributed by atoms with Crippen LogP contribution in [0.25, 0.3) is 0 Å². The minimum atomic E-state index is -4.33. The van der Waals surface area contributed by atoms with Gasteiger partial charge in [0.25, 0.3) is 0 Å². The van der Waals surface area contributed by atoms with Gasteiger partial charge < -0.3 is 10.5 Å². The molecule has 0 radical (unpaired) electrons. The maximum atomic E-state index is 12.2. The van der Waals surface area contributed by atoms with Crippen LogP contribution in [0.15, 0.2) is 22.7 Å². The lowest BCUT2D eigenvalue weighted by molar-refractivity contribution is -0.148. The summed E-state index contributed by atoms with van der Waals surface area (Å²) in [6.07, 6.45) is -4.20. The van der Waals surface area contributed by atoms with Crippen molar-refractivity contribution in [3.8, 4) is 5.75 Å². The maximum Gasteiger partial charge on any atom is 0.403 e. The van der Waals surface area contributed by atoms with Crippen molar-refractivity contribution < 1.29 is 17.9 Å². The second kappa shape index (κ2) is 5.73. The van der Waals surface area contributed by atoms with E-state index in [1.807, 2.05) is 0 Å². The van der Waals surface area contributed by atoms with E-state index in [-0.39, 0.29) is 12.8 Å². The molecule has 0 aliphatic rings. The van der Waals surface area contributed by atoms with Crippen LogP contribution in [0.5, 0.6) is 5.75 Å². The molecule has 0 heterocycles. The van der Waals surface area contributed by atoms with Gasteiger partial charge in [-0.15, -0.1) is 0 Å². The summed E-state index contributed by atoms with van der Waals surface area (Å²) >= 11 is 3.29. The molecule has 0 aromatic heterocycles. The van der Waals surface area contributed by atoms with Crippen LogP contribution in [0.3, 0.4) is 0 Å². The second-order valence-electron chi connectivity index (χ2n) is 3.64. The first-order valence-corrected chi connectivity index (χ1v) is 5.78. The van der Waals surface area contributed by atoms with Crippen LogP contribution in [0.1, 0.15) is 12.0 Å². The monoisotopic (exact) mass is 311 g/mol. The molecule has 1 atom stereocenters. The number of hydrogen-bond donors (Lipinski definition) is 1. The Bertz CT molecular complexity index is 381. The molecule has 96 valence electrons. The standard InChI is InChI=1S/C11H13BrF3NO/c1-17-8-4-2-7(9(12)6-8)3-5-10(16)11(13,14)15/h2,4,6,10H,3,5,16H2,1H3. The average Bonchev–Trinajstić information content (AvgIpc) is 2.25. The molecule has 0 amide bonds. The maximum absolute atomic E-state index is 12.2. The Kier molecular flexibility index (Phi) is 4.82. The Balaban J connectivity index is 2.64. The highest BCUT2D eigenvalue weighted by Gasteiger charge is 2.36. The van der Waals surface area contributed by atoms with Gasteiger partial charge in [0.05, 0.1) is 7.11 Å². The molecule has 0 bridgehead atoms. The Morgan fingerprint density at radius 2 is 2.06 bits per heavy atom. The zero-order chi connectivity index (χ0) is 13.1. The molecule has 1 unspecified atom stereocenters. The van der Waals surface area contributed by atoms with Gasteiger partial charge in [-0.2, -0.15) is 13.2 Å². The first-order chi connectivity index (χ1) is 7.84. The van der Waals surface area contributed by atoms with Crippen LogP contribution in [0.2, 0.25) is 0 Å². The lowest BCUT2D eigenvalue weighted by Crippen LogP contribution is -2.37. The van der Waals surface area contributed by atoms with Crippen LogP contribution >= 0.6 is 15.9 Å². The molecule has 0 aliphatic heterocycles. The van der Waals surface area contributed by atoms with Gasteiger partial charge in [0.2, 0.25) is 0 Å². The predicted octanol–water partition coefficient (Wildman–Crippen LogP) is 3.28. The van der Waals surface area contributed by atoms with Crippen molar-refractivity contribution in [2.24, 2.45) is 5.73 Å². The molecule has 1 rings (SSSR count). The van der Waals surface area contributed by atoms with Crippen LogP contribution in [0.4, 0.5) is 13.2 Å². The zero-order valence-corrected chi connectivity index (χ0v) is 10.8.